The first-order valence-corrected chi connectivity index (χ1v) is 6.00. The number of hydrogen-bond acceptors (Lipinski definition) is 2. The van der Waals surface area contributed by atoms with Crippen LogP contribution >= 0.6 is 27.5 Å². The molecule has 88 valence electrons. The smallest absolute Gasteiger partial charge is 0.242 e. The lowest BCUT2D eigenvalue weighted by Gasteiger charge is -2.12. The van der Waals surface area contributed by atoms with E-state index in [1.165, 1.54) is 0 Å². The zero-order valence-corrected chi connectivity index (χ0v) is 11.4. The summed E-state index contributed by atoms with van der Waals surface area (Å²) in [5, 5.41) is 2.19. The van der Waals surface area contributed by atoms with Crippen molar-refractivity contribution in [2.45, 2.75) is 18.9 Å². The van der Waals surface area contributed by atoms with Crippen molar-refractivity contribution < 1.29 is 9.53 Å². The maximum absolute atomic E-state index is 11.5. The highest BCUT2D eigenvalue weighted by molar-refractivity contribution is 9.10. The van der Waals surface area contributed by atoms with Crippen molar-refractivity contribution in [1.82, 2.24) is 0 Å². The summed E-state index contributed by atoms with van der Waals surface area (Å²) in [5.74, 6) is -0.225. The number of ether oxygens (including phenoxy) is 1. The summed E-state index contributed by atoms with van der Waals surface area (Å²) in [5.41, 5.74) is 1.62. The van der Waals surface area contributed by atoms with Gasteiger partial charge in [-0.25, -0.2) is 0 Å². The molecule has 0 bridgehead atoms. The highest BCUT2D eigenvalue weighted by Gasteiger charge is 2.13. The molecular formula is C11H13BrClNO2. The van der Waals surface area contributed by atoms with Crippen molar-refractivity contribution in [3.8, 4) is 0 Å². The molecule has 0 spiro atoms. The van der Waals surface area contributed by atoms with Gasteiger partial charge in [0.15, 0.2) is 0 Å². The summed E-state index contributed by atoms with van der Waals surface area (Å²) in [4.78, 5) is 11.5. The largest absolute Gasteiger partial charge is 0.380 e. The van der Waals surface area contributed by atoms with Gasteiger partial charge in [0.05, 0.1) is 6.61 Å². The first-order chi connectivity index (χ1) is 7.56. The summed E-state index contributed by atoms with van der Waals surface area (Å²) < 4.78 is 5.97. The van der Waals surface area contributed by atoms with E-state index in [2.05, 4.69) is 21.2 Å². The topological polar surface area (TPSA) is 38.3 Å². The number of amides is 1. The molecule has 1 amide bonds. The van der Waals surface area contributed by atoms with Gasteiger partial charge in [-0.3, -0.25) is 4.79 Å². The van der Waals surface area contributed by atoms with Crippen LogP contribution in [-0.2, 0) is 16.1 Å². The Balaban J connectivity index is 2.94. The molecule has 16 heavy (non-hydrogen) atoms. The molecule has 1 atom stereocenters. The number of carbonyl (C=O) groups is 1. The number of anilines is 1. The minimum Gasteiger partial charge on any atom is -0.380 e. The number of halogens is 2. The van der Waals surface area contributed by atoms with Crippen LogP contribution in [-0.4, -0.2) is 18.4 Å². The zero-order chi connectivity index (χ0) is 12.1. The lowest BCUT2D eigenvalue weighted by atomic mass is 10.2. The van der Waals surface area contributed by atoms with Gasteiger partial charge in [0.2, 0.25) is 5.91 Å². The summed E-state index contributed by atoms with van der Waals surface area (Å²) in [6.45, 7) is 2.05. The summed E-state index contributed by atoms with van der Waals surface area (Å²) in [6, 6.07) is 5.56. The van der Waals surface area contributed by atoms with Crippen molar-refractivity contribution >= 4 is 39.1 Å². The SMILES string of the molecule is COCc1c(Br)cccc1NC(=O)C(C)Cl. The third-order valence-corrected chi connectivity index (χ3v) is 2.97. The van der Waals surface area contributed by atoms with E-state index in [0.29, 0.717) is 12.3 Å². The Kier molecular flexibility index (Phi) is 5.25. The van der Waals surface area contributed by atoms with E-state index in [1.807, 2.05) is 18.2 Å². The molecular weight excluding hydrogens is 293 g/mol. The van der Waals surface area contributed by atoms with E-state index in [4.69, 9.17) is 16.3 Å². The average Bonchev–Trinajstić information content (AvgIpc) is 2.23. The molecule has 0 aliphatic rings. The summed E-state index contributed by atoms with van der Waals surface area (Å²) >= 11 is 9.10. The van der Waals surface area contributed by atoms with Crippen LogP contribution in [0.3, 0.4) is 0 Å². The summed E-state index contributed by atoms with van der Waals surface area (Å²) in [6.07, 6.45) is 0. The fourth-order valence-electron chi connectivity index (χ4n) is 1.20. The molecule has 0 saturated carbocycles. The molecule has 0 fully saturated rings. The Bertz CT molecular complexity index is 382. The molecule has 1 rings (SSSR count). The predicted octanol–water partition coefficient (Wildman–Crippen LogP) is 3.16. The molecule has 5 heteroatoms. The van der Waals surface area contributed by atoms with Gasteiger partial charge < -0.3 is 10.1 Å². The van der Waals surface area contributed by atoms with Crippen molar-refractivity contribution in [3.63, 3.8) is 0 Å². The second-order valence-electron chi connectivity index (χ2n) is 3.30. The Morgan fingerprint density at radius 1 is 1.62 bits per heavy atom. The van der Waals surface area contributed by atoms with Crippen LogP contribution < -0.4 is 5.32 Å². The molecule has 1 N–H and O–H groups in total. The van der Waals surface area contributed by atoms with Crippen molar-refractivity contribution in [1.29, 1.82) is 0 Å². The molecule has 0 aliphatic heterocycles. The molecule has 0 aliphatic carbocycles. The van der Waals surface area contributed by atoms with Crippen LogP contribution in [0.5, 0.6) is 0 Å². The normalized spacial score (nSPS) is 12.2. The van der Waals surface area contributed by atoms with E-state index in [0.717, 1.165) is 10.0 Å². The minimum atomic E-state index is -0.561. The van der Waals surface area contributed by atoms with Crippen molar-refractivity contribution in [2.75, 3.05) is 12.4 Å². The van der Waals surface area contributed by atoms with Gasteiger partial charge >= 0.3 is 0 Å². The number of methoxy groups -OCH3 is 1. The molecule has 1 unspecified atom stereocenters. The van der Waals surface area contributed by atoms with Gasteiger partial charge in [0, 0.05) is 22.8 Å². The summed E-state index contributed by atoms with van der Waals surface area (Å²) in [7, 11) is 1.61. The van der Waals surface area contributed by atoms with Gasteiger partial charge in [0.1, 0.15) is 5.38 Å². The van der Waals surface area contributed by atoms with Crippen molar-refractivity contribution in [2.24, 2.45) is 0 Å². The first kappa shape index (κ1) is 13.5. The maximum atomic E-state index is 11.5. The van der Waals surface area contributed by atoms with Gasteiger partial charge in [-0.15, -0.1) is 11.6 Å². The Morgan fingerprint density at radius 3 is 2.88 bits per heavy atom. The number of hydrogen-bond donors (Lipinski definition) is 1. The molecule has 0 radical (unpaired) electrons. The number of alkyl halides is 1. The minimum absolute atomic E-state index is 0.225. The molecule has 1 aromatic rings. The third kappa shape index (κ3) is 3.47. The van der Waals surface area contributed by atoms with Gasteiger partial charge in [-0.05, 0) is 19.1 Å². The zero-order valence-electron chi connectivity index (χ0n) is 9.09. The van der Waals surface area contributed by atoms with Gasteiger partial charge in [-0.2, -0.15) is 0 Å². The third-order valence-electron chi connectivity index (χ3n) is 2.03. The fraction of sp³-hybridized carbons (Fsp3) is 0.364. The number of benzene rings is 1. The fourth-order valence-corrected chi connectivity index (χ4v) is 1.73. The monoisotopic (exact) mass is 305 g/mol. The van der Waals surface area contributed by atoms with Crippen LogP contribution in [0.2, 0.25) is 0 Å². The Morgan fingerprint density at radius 2 is 2.31 bits per heavy atom. The predicted molar refractivity (Wildman–Crippen MR) is 68.8 cm³/mol. The maximum Gasteiger partial charge on any atom is 0.242 e. The lowest BCUT2D eigenvalue weighted by Crippen LogP contribution is -2.21. The standard InChI is InChI=1S/C11H13BrClNO2/c1-7(13)11(15)14-10-5-3-4-9(12)8(10)6-16-2/h3-5,7H,6H2,1-2H3,(H,14,15). The molecule has 1 aromatic carbocycles. The first-order valence-electron chi connectivity index (χ1n) is 4.77. The Hall–Kier alpha value is -0.580. The number of nitrogens with one attached hydrogen (secondary N) is 1. The lowest BCUT2D eigenvalue weighted by molar-refractivity contribution is -0.115. The van der Waals surface area contributed by atoms with E-state index in [-0.39, 0.29) is 5.91 Å². The average molecular weight is 307 g/mol. The van der Waals surface area contributed by atoms with Gasteiger partial charge in [0.25, 0.3) is 0 Å². The van der Waals surface area contributed by atoms with Crippen LogP contribution in [0.1, 0.15) is 12.5 Å². The quantitative estimate of drug-likeness (QED) is 0.868. The van der Waals surface area contributed by atoms with Crippen LogP contribution in [0.25, 0.3) is 0 Å². The molecule has 0 saturated heterocycles. The van der Waals surface area contributed by atoms with Crippen molar-refractivity contribution in [3.05, 3.63) is 28.2 Å². The molecule has 0 heterocycles. The van der Waals surface area contributed by atoms with Crippen LogP contribution in [0.4, 0.5) is 5.69 Å². The van der Waals surface area contributed by atoms with Gasteiger partial charge in [-0.1, -0.05) is 22.0 Å². The molecule has 0 aromatic heterocycles. The van der Waals surface area contributed by atoms with E-state index in [9.17, 15) is 4.79 Å². The Labute approximate surface area is 108 Å². The van der Waals surface area contributed by atoms with E-state index in [1.54, 1.807) is 14.0 Å². The highest BCUT2D eigenvalue weighted by Crippen LogP contribution is 2.25. The second-order valence-corrected chi connectivity index (χ2v) is 4.81. The molecule has 3 nitrogen and oxygen atoms in total. The van der Waals surface area contributed by atoms with Crippen LogP contribution in [0.15, 0.2) is 22.7 Å². The number of carbonyl (C=O) groups excluding carboxylic acids is 1. The van der Waals surface area contributed by atoms with Crippen LogP contribution in [0, 0.1) is 0 Å². The van der Waals surface area contributed by atoms with E-state index >= 15 is 0 Å². The number of rotatable bonds is 4. The second kappa shape index (κ2) is 6.23. The highest BCUT2D eigenvalue weighted by atomic mass is 79.9. The van der Waals surface area contributed by atoms with E-state index < -0.39 is 5.38 Å².